The number of benzene rings is 1. The number of amides is 7. The van der Waals surface area contributed by atoms with E-state index in [9.17, 15) is 58.5 Å². The van der Waals surface area contributed by atoms with Crippen molar-refractivity contribution in [1.82, 2.24) is 42.5 Å². The quantitative estimate of drug-likeness (QED) is 0.0269. The number of hydrogen-bond donors (Lipinski definition) is 14. The van der Waals surface area contributed by atoms with Crippen LogP contribution in [-0.4, -0.2) is 148 Å². The van der Waals surface area contributed by atoms with Crippen LogP contribution in [0.15, 0.2) is 30.3 Å². The summed E-state index contributed by atoms with van der Waals surface area (Å²) >= 11 is 4.19. The monoisotopic (exact) mass is 922 g/mol. The number of rotatable bonds is 30. The van der Waals surface area contributed by atoms with Crippen LogP contribution in [0.3, 0.4) is 0 Å². The summed E-state index contributed by atoms with van der Waals surface area (Å²) in [5.41, 5.74) is 12.0. The first-order valence-electron chi connectivity index (χ1n) is 21.5. The molecular formula is C41H66N10O12S. The highest BCUT2D eigenvalue weighted by molar-refractivity contribution is 7.80. The average Bonchev–Trinajstić information content (AvgIpc) is 3.80. The van der Waals surface area contributed by atoms with E-state index in [1.165, 1.54) is 13.8 Å². The normalized spacial score (nSPS) is 17.1. The summed E-state index contributed by atoms with van der Waals surface area (Å²) in [6.45, 7) is 3.60. The standard InChI is InChI=1S/C41H66N10O12S/c1-23(45-36(57)29(16-17-32(53)54)47-35(56)26-15-10-20-44-26)34(55)51-33(24(2)52)40(61)48-28(14-7-9-19-43)37(58)46-27(13-6-8-18-42)38(59)50-31(22-64)39(60)49-30(41(62)63)21-25-11-4-3-5-12-25/h3-5,11-12,23-24,26-31,33,44,52,64H,6-10,13-22,42-43H2,1-2H3,(H,45,57)(H,46,58)(H,47,56)(H,48,61)(H,49,60)(H,50,59)(H,51,55)(H,53,54)(H,62,63)/t23-,24+,26-,27-,28-,29-,30-,31-,33-/m0/s1. The lowest BCUT2D eigenvalue weighted by molar-refractivity contribution is -0.142. The fraction of sp³-hybridized carbons (Fsp3) is 0.634. The molecule has 0 aromatic heterocycles. The smallest absolute Gasteiger partial charge is 0.326 e. The van der Waals surface area contributed by atoms with Crippen molar-refractivity contribution in [3.8, 4) is 0 Å². The number of hydrogen-bond acceptors (Lipinski definition) is 14. The van der Waals surface area contributed by atoms with E-state index < -0.39 is 114 Å². The largest absolute Gasteiger partial charge is 0.481 e. The zero-order valence-corrected chi connectivity index (χ0v) is 37.2. The molecule has 358 valence electrons. The lowest BCUT2D eigenvalue weighted by Gasteiger charge is -2.28. The summed E-state index contributed by atoms with van der Waals surface area (Å²) in [4.78, 5) is 117. The van der Waals surface area contributed by atoms with Gasteiger partial charge in [0, 0.05) is 18.6 Å². The predicted octanol–water partition coefficient (Wildman–Crippen LogP) is -3.09. The number of thiol groups is 1. The van der Waals surface area contributed by atoms with E-state index >= 15 is 0 Å². The molecule has 1 aromatic rings. The van der Waals surface area contributed by atoms with Gasteiger partial charge < -0.3 is 69.3 Å². The third-order valence-electron chi connectivity index (χ3n) is 10.3. The van der Waals surface area contributed by atoms with E-state index in [-0.39, 0.29) is 44.5 Å². The van der Waals surface area contributed by atoms with Gasteiger partial charge >= 0.3 is 11.9 Å². The highest BCUT2D eigenvalue weighted by atomic mass is 32.1. The van der Waals surface area contributed by atoms with Crippen LogP contribution in [0.5, 0.6) is 0 Å². The van der Waals surface area contributed by atoms with Crippen molar-refractivity contribution in [2.45, 2.75) is 139 Å². The van der Waals surface area contributed by atoms with E-state index in [4.69, 9.17) is 11.5 Å². The Morgan fingerprint density at radius 1 is 0.672 bits per heavy atom. The maximum absolute atomic E-state index is 13.9. The Kier molecular flexibility index (Phi) is 25.0. The van der Waals surface area contributed by atoms with Crippen molar-refractivity contribution in [2.24, 2.45) is 11.5 Å². The molecule has 2 rings (SSSR count). The zero-order valence-electron chi connectivity index (χ0n) is 36.3. The van der Waals surface area contributed by atoms with Gasteiger partial charge in [0.1, 0.15) is 42.3 Å². The molecule has 0 saturated carbocycles. The highest BCUT2D eigenvalue weighted by Crippen LogP contribution is 2.10. The molecular weight excluding hydrogens is 857 g/mol. The Labute approximate surface area is 377 Å². The second-order valence-corrected chi connectivity index (χ2v) is 16.0. The van der Waals surface area contributed by atoms with Crippen LogP contribution in [0.2, 0.25) is 0 Å². The molecule has 1 heterocycles. The van der Waals surface area contributed by atoms with Gasteiger partial charge in [-0.15, -0.1) is 0 Å². The topological polar surface area (TPSA) is 363 Å². The van der Waals surface area contributed by atoms with Gasteiger partial charge in [0.05, 0.1) is 12.1 Å². The minimum Gasteiger partial charge on any atom is -0.481 e. The van der Waals surface area contributed by atoms with Crippen molar-refractivity contribution in [1.29, 1.82) is 0 Å². The fourth-order valence-corrected chi connectivity index (χ4v) is 6.88. The molecule has 0 unspecified atom stereocenters. The van der Waals surface area contributed by atoms with Crippen LogP contribution < -0.4 is 54.0 Å². The molecule has 64 heavy (non-hydrogen) atoms. The van der Waals surface area contributed by atoms with Crippen molar-refractivity contribution in [3.63, 3.8) is 0 Å². The molecule has 1 saturated heterocycles. The van der Waals surface area contributed by atoms with Gasteiger partial charge in [-0.25, -0.2) is 4.79 Å². The van der Waals surface area contributed by atoms with Gasteiger partial charge in [0.15, 0.2) is 0 Å². The number of carboxylic acid groups (broad SMARTS) is 2. The van der Waals surface area contributed by atoms with Crippen LogP contribution in [0.4, 0.5) is 0 Å². The minimum atomic E-state index is -1.66. The van der Waals surface area contributed by atoms with Gasteiger partial charge in [0.2, 0.25) is 41.4 Å². The number of carbonyl (C=O) groups is 9. The van der Waals surface area contributed by atoms with Crippen LogP contribution in [-0.2, 0) is 49.6 Å². The number of carboxylic acids is 2. The molecule has 9 atom stereocenters. The van der Waals surface area contributed by atoms with E-state index in [1.807, 2.05) is 0 Å². The Balaban J connectivity index is 2.20. The molecule has 15 N–H and O–H groups in total. The van der Waals surface area contributed by atoms with E-state index in [1.54, 1.807) is 30.3 Å². The summed E-state index contributed by atoms with van der Waals surface area (Å²) in [6, 6.07) is -1.52. The molecule has 1 aromatic carbocycles. The van der Waals surface area contributed by atoms with E-state index in [0.29, 0.717) is 44.2 Å². The molecule has 7 amide bonds. The molecule has 0 spiro atoms. The van der Waals surface area contributed by atoms with Crippen LogP contribution in [0.1, 0.15) is 83.6 Å². The SMILES string of the molecule is C[C@H](NC(=O)[C@H](CCC(=O)O)NC(=O)[C@@H]1CCCN1)C(=O)N[C@H](C(=O)N[C@@H](CCCCN)C(=O)N[C@@H](CCCCN)C(=O)N[C@@H](CS)C(=O)N[C@@H](Cc1ccccc1)C(=O)O)[C@@H](C)O. The lowest BCUT2D eigenvalue weighted by atomic mass is 10.0. The van der Waals surface area contributed by atoms with Crippen LogP contribution in [0, 0.1) is 0 Å². The minimum absolute atomic E-state index is 0.0122. The Hall–Kier alpha value is -5.36. The van der Waals surface area contributed by atoms with Crippen molar-refractivity contribution >= 4 is 65.9 Å². The number of aliphatic carboxylic acids is 2. The first kappa shape index (κ1) is 54.8. The number of aliphatic hydroxyl groups excluding tert-OH is 1. The molecule has 22 nitrogen and oxygen atoms in total. The van der Waals surface area contributed by atoms with Crippen LogP contribution >= 0.6 is 12.6 Å². The first-order valence-corrected chi connectivity index (χ1v) is 22.1. The number of unbranched alkanes of at least 4 members (excludes halogenated alkanes) is 2. The Morgan fingerprint density at radius 2 is 1.19 bits per heavy atom. The lowest BCUT2D eigenvalue weighted by Crippen LogP contribution is -2.61. The van der Waals surface area contributed by atoms with Crippen LogP contribution in [0.25, 0.3) is 0 Å². The highest BCUT2D eigenvalue weighted by Gasteiger charge is 2.35. The van der Waals surface area contributed by atoms with Gasteiger partial charge in [-0.1, -0.05) is 30.3 Å². The summed E-state index contributed by atoms with van der Waals surface area (Å²) in [6.07, 6.45) is 0.633. The second-order valence-electron chi connectivity index (χ2n) is 15.6. The molecule has 0 aliphatic carbocycles. The molecule has 0 radical (unpaired) electrons. The number of nitrogens with two attached hydrogens (primary N) is 2. The second kappa shape index (κ2) is 29.2. The molecule has 1 aliphatic rings. The summed E-state index contributed by atoms with van der Waals surface area (Å²) in [7, 11) is 0. The molecule has 1 aliphatic heterocycles. The fourth-order valence-electron chi connectivity index (χ4n) is 6.63. The predicted molar refractivity (Wildman–Crippen MR) is 236 cm³/mol. The van der Waals surface area contributed by atoms with Gasteiger partial charge in [-0.3, -0.25) is 38.4 Å². The van der Waals surface area contributed by atoms with Gasteiger partial charge in [-0.2, -0.15) is 12.6 Å². The molecule has 23 heteroatoms. The van der Waals surface area contributed by atoms with Gasteiger partial charge in [0.25, 0.3) is 0 Å². The molecule has 1 fully saturated rings. The van der Waals surface area contributed by atoms with Gasteiger partial charge in [-0.05, 0) is 96.8 Å². The Morgan fingerprint density at radius 3 is 1.69 bits per heavy atom. The zero-order chi connectivity index (χ0) is 47.8. The van der Waals surface area contributed by atoms with E-state index in [2.05, 4.69) is 55.2 Å². The third-order valence-corrected chi connectivity index (χ3v) is 10.7. The summed E-state index contributed by atoms with van der Waals surface area (Å²) < 4.78 is 0. The third kappa shape index (κ3) is 19.6. The average molecular weight is 923 g/mol. The number of carbonyl (C=O) groups excluding carboxylic acids is 7. The summed E-state index contributed by atoms with van der Waals surface area (Å²) in [5, 5.41) is 50.0. The summed E-state index contributed by atoms with van der Waals surface area (Å²) in [5.74, 6) is -8.48. The van der Waals surface area contributed by atoms with Crippen molar-refractivity contribution in [3.05, 3.63) is 35.9 Å². The first-order chi connectivity index (χ1) is 30.4. The number of aliphatic hydroxyl groups is 1. The Bertz CT molecular complexity index is 1720. The van der Waals surface area contributed by atoms with Crippen molar-refractivity contribution < 1.29 is 58.5 Å². The van der Waals surface area contributed by atoms with Crippen molar-refractivity contribution in [2.75, 3.05) is 25.4 Å². The number of nitrogens with one attached hydrogen (secondary N) is 8. The maximum Gasteiger partial charge on any atom is 0.326 e. The molecule has 0 bridgehead atoms. The maximum atomic E-state index is 13.9. The van der Waals surface area contributed by atoms with E-state index in [0.717, 1.165) is 6.42 Å².